The van der Waals surface area contributed by atoms with E-state index in [-0.39, 0.29) is 5.91 Å². The number of ether oxygens (including phenoxy) is 1. The molecule has 1 aliphatic heterocycles. The Kier molecular flexibility index (Phi) is 5.94. The van der Waals surface area contributed by atoms with Crippen LogP contribution in [0.3, 0.4) is 0 Å². The molecule has 3 rings (SSSR count). The van der Waals surface area contributed by atoms with E-state index in [9.17, 15) is 4.79 Å². The highest BCUT2D eigenvalue weighted by molar-refractivity contribution is 7.07. The van der Waals surface area contributed by atoms with Gasteiger partial charge in [0.25, 0.3) is 5.91 Å². The molecular weight excluding hydrogens is 334 g/mol. The van der Waals surface area contributed by atoms with Gasteiger partial charge in [-0.2, -0.15) is 11.3 Å². The van der Waals surface area contributed by atoms with Gasteiger partial charge in [-0.1, -0.05) is 12.1 Å². The maximum Gasteiger partial charge on any atom is 0.277 e. The third kappa shape index (κ3) is 4.52. The quantitative estimate of drug-likeness (QED) is 0.839. The zero-order valence-electron chi connectivity index (χ0n) is 14.9. The molecule has 1 fully saturated rings. The standard InChI is InChI=1S/C19H25N3O2S/c1-20(13-16-7-12-25-15-16)14-19(23)22-10-8-21(9-11-22)17-5-3-4-6-18(17)24-2/h3-7,12,15H,8-11,13-14H2,1-2H3/p+1. The van der Waals surface area contributed by atoms with Crippen LogP contribution in [0.2, 0.25) is 0 Å². The van der Waals surface area contributed by atoms with E-state index >= 15 is 0 Å². The summed E-state index contributed by atoms with van der Waals surface area (Å²) in [5.41, 5.74) is 2.41. The van der Waals surface area contributed by atoms with Crippen LogP contribution in [0.1, 0.15) is 5.56 Å². The maximum absolute atomic E-state index is 12.6. The number of para-hydroxylation sites is 2. The number of carbonyl (C=O) groups excluding carboxylic acids is 1. The molecule has 1 aliphatic rings. The topological polar surface area (TPSA) is 37.2 Å². The van der Waals surface area contributed by atoms with Crippen LogP contribution in [-0.2, 0) is 11.3 Å². The minimum Gasteiger partial charge on any atom is -0.495 e. The largest absolute Gasteiger partial charge is 0.495 e. The number of nitrogens with one attached hydrogen (secondary N) is 1. The molecule has 1 saturated heterocycles. The summed E-state index contributed by atoms with van der Waals surface area (Å²) >= 11 is 1.71. The Labute approximate surface area is 153 Å². The Morgan fingerprint density at radius 2 is 1.96 bits per heavy atom. The first-order chi connectivity index (χ1) is 12.2. The highest BCUT2D eigenvalue weighted by atomic mass is 32.1. The lowest BCUT2D eigenvalue weighted by Gasteiger charge is -2.36. The number of thiophene rings is 1. The van der Waals surface area contributed by atoms with Gasteiger partial charge in [-0.15, -0.1) is 0 Å². The van der Waals surface area contributed by atoms with Crippen molar-refractivity contribution < 1.29 is 14.4 Å². The molecule has 0 spiro atoms. The van der Waals surface area contributed by atoms with Crippen LogP contribution in [0.4, 0.5) is 5.69 Å². The smallest absolute Gasteiger partial charge is 0.277 e. The molecule has 2 aromatic rings. The molecular formula is C19H26N3O2S+. The molecule has 1 atom stereocenters. The molecule has 5 nitrogen and oxygen atoms in total. The van der Waals surface area contributed by atoms with Gasteiger partial charge in [-0.3, -0.25) is 4.79 Å². The van der Waals surface area contributed by atoms with E-state index in [2.05, 4.69) is 34.8 Å². The number of amides is 1. The Bertz CT molecular complexity index is 682. The minimum atomic E-state index is 0.243. The maximum atomic E-state index is 12.6. The number of benzene rings is 1. The highest BCUT2D eigenvalue weighted by Gasteiger charge is 2.24. The second kappa shape index (κ2) is 8.36. The van der Waals surface area contributed by atoms with Gasteiger partial charge < -0.3 is 19.4 Å². The van der Waals surface area contributed by atoms with Crippen LogP contribution in [0.5, 0.6) is 5.75 Å². The lowest BCUT2D eigenvalue weighted by molar-refractivity contribution is -0.885. The summed E-state index contributed by atoms with van der Waals surface area (Å²) in [5.74, 6) is 1.13. The van der Waals surface area contributed by atoms with Gasteiger partial charge in [-0.25, -0.2) is 0 Å². The Morgan fingerprint density at radius 3 is 2.64 bits per heavy atom. The van der Waals surface area contributed by atoms with Gasteiger partial charge in [0.1, 0.15) is 12.3 Å². The van der Waals surface area contributed by atoms with Gasteiger partial charge >= 0.3 is 0 Å². The summed E-state index contributed by atoms with van der Waals surface area (Å²) in [5, 5.41) is 4.24. The van der Waals surface area contributed by atoms with Crippen molar-refractivity contribution in [3.05, 3.63) is 46.7 Å². The molecule has 0 saturated carbocycles. The molecule has 25 heavy (non-hydrogen) atoms. The molecule has 134 valence electrons. The molecule has 1 N–H and O–H groups in total. The number of nitrogens with zero attached hydrogens (tertiary/aromatic N) is 2. The summed E-state index contributed by atoms with van der Waals surface area (Å²) in [7, 11) is 3.78. The third-order valence-electron chi connectivity index (χ3n) is 4.60. The van der Waals surface area contributed by atoms with E-state index in [4.69, 9.17) is 4.74 Å². The molecule has 1 aromatic heterocycles. The van der Waals surface area contributed by atoms with E-state index in [0.29, 0.717) is 6.54 Å². The van der Waals surface area contributed by atoms with Crippen molar-refractivity contribution in [3.8, 4) is 5.75 Å². The fourth-order valence-electron chi connectivity index (χ4n) is 3.26. The first-order valence-electron chi connectivity index (χ1n) is 8.65. The Balaban J connectivity index is 1.50. The number of hydrogen-bond donors (Lipinski definition) is 1. The molecule has 0 aliphatic carbocycles. The van der Waals surface area contributed by atoms with E-state index in [0.717, 1.165) is 44.2 Å². The van der Waals surface area contributed by atoms with Crippen molar-refractivity contribution in [2.45, 2.75) is 6.54 Å². The average molecular weight is 361 g/mol. The highest BCUT2D eigenvalue weighted by Crippen LogP contribution is 2.28. The number of carbonyl (C=O) groups is 1. The summed E-state index contributed by atoms with van der Waals surface area (Å²) in [4.78, 5) is 18.1. The number of piperazine rings is 1. The summed E-state index contributed by atoms with van der Waals surface area (Å²) in [6.45, 7) is 4.66. The van der Waals surface area contributed by atoms with Gasteiger partial charge in [-0.05, 0) is 29.0 Å². The first kappa shape index (κ1) is 17.8. The Morgan fingerprint density at radius 1 is 1.20 bits per heavy atom. The third-order valence-corrected chi connectivity index (χ3v) is 5.33. The van der Waals surface area contributed by atoms with Crippen LogP contribution in [0.15, 0.2) is 41.1 Å². The van der Waals surface area contributed by atoms with Crippen LogP contribution in [0, 0.1) is 0 Å². The van der Waals surface area contributed by atoms with Gasteiger partial charge in [0.2, 0.25) is 0 Å². The van der Waals surface area contributed by atoms with Crippen molar-refractivity contribution in [2.24, 2.45) is 0 Å². The fourth-order valence-corrected chi connectivity index (χ4v) is 3.93. The van der Waals surface area contributed by atoms with Crippen molar-refractivity contribution in [2.75, 3.05) is 51.8 Å². The minimum absolute atomic E-state index is 0.243. The number of hydrogen-bond acceptors (Lipinski definition) is 4. The molecule has 6 heteroatoms. The SMILES string of the molecule is COc1ccccc1N1CCN(C(=O)C[NH+](C)Cc2ccsc2)CC1. The van der Waals surface area contributed by atoms with Crippen LogP contribution in [-0.4, -0.2) is 57.7 Å². The van der Waals surface area contributed by atoms with Crippen LogP contribution < -0.4 is 14.5 Å². The van der Waals surface area contributed by atoms with Crippen LogP contribution in [0.25, 0.3) is 0 Å². The lowest BCUT2D eigenvalue weighted by atomic mass is 10.2. The van der Waals surface area contributed by atoms with E-state index < -0.39 is 0 Å². The van der Waals surface area contributed by atoms with E-state index in [1.807, 2.05) is 23.1 Å². The lowest BCUT2D eigenvalue weighted by Crippen LogP contribution is -3.08. The summed E-state index contributed by atoms with van der Waals surface area (Å²) in [6.07, 6.45) is 0. The molecule has 0 bridgehead atoms. The zero-order valence-corrected chi connectivity index (χ0v) is 15.7. The molecule has 2 heterocycles. The number of quaternary nitrogens is 1. The van der Waals surface area contributed by atoms with Gasteiger partial charge in [0.05, 0.1) is 19.8 Å². The van der Waals surface area contributed by atoms with Crippen molar-refractivity contribution in [3.63, 3.8) is 0 Å². The number of anilines is 1. The van der Waals surface area contributed by atoms with Gasteiger partial charge in [0.15, 0.2) is 6.54 Å². The molecule has 1 amide bonds. The second-order valence-corrected chi connectivity index (χ2v) is 7.26. The van der Waals surface area contributed by atoms with Crippen molar-refractivity contribution in [1.82, 2.24) is 4.90 Å². The summed E-state index contributed by atoms with van der Waals surface area (Å²) in [6, 6.07) is 10.2. The van der Waals surface area contributed by atoms with Gasteiger partial charge in [0, 0.05) is 31.7 Å². The zero-order chi connectivity index (χ0) is 17.6. The normalized spacial score (nSPS) is 15.9. The predicted octanol–water partition coefficient (Wildman–Crippen LogP) is 1.12. The molecule has 0 radical (unpaired) electrons. The molecule has 1 unspecified atom stereocenters. The first-order valence-corrected chi connectivity index (χ1v) is 9.60. The van der Waals surface area contributed by atoms with Crippen molar-refractivity contribution >= 4 is 22.9 Å². The number of rotatable bonds is 6. The fraction of sp³-hybridized carbons (Fsp3) is 0.421. The molecule has 1 aromatic carbocycles. The average Bonchev–Trinajstić information content (AvgIpc) is 3.14. The van der Waals surface area contributed by atoms with E-state index in [1.165, 1.54) is 10.5 Å². The van der Waals surface area contributed by atoms with Crippen molar-refractivity contribution in [1.29, 1.82) is 0 Å². The Hall–Kier alpha value is -2.05. The monoisotopic (exact) mass is 360 g/mol. The predicted molar refractivity (Wildman–Crippen MR) is 102 cm³/mol. The van der Waals surface area contributed by atoms with E-state index in [1.54, 1.807) is 18.4 Å². The number of methoxy groups -OCH3 is 1. The summed E-state index contributed by atoms with van der Waals surface area (Å²) < 4.78 is 5.45. The number of likely N-dealkylation sites (N-methyl/N-ethyl adjacent to an activating group) is 1. The van der Waals surface area contributed by atoms with Crippen LogP contribution >= 0.6 is 11.3 Å². The second-order valence-electron chi connectivity index (χ2n) is 6.48.